The Bertz CT molecular complexity index is 1150. The molecule has 3 N–H and O–H groups in total. The SMILES string of the molecule is Cc1occc1-c1nnc(SC(C)C(=O)Nc2ccc3ccccc3c2)n1N. The molecular weight excluding hydrogens is 374 g/mol. The highest BCUT2D eigenvalue weighted by molar-refractivity contribution is 8.00. The summed E-state index contributed by atoms with van der Waals surface area (Å²) in [6.07, 6.45) is 1.58. The largest absolute Gasteiger partial charge is 0.469 e. The van der Waals surface area contributed by atoms with Gasteiger partial charge in [0, 0.05) is 5.69 Å². The van der Waals surface area contributed by atoms with Crippen molar-refractivity contribution in [2.45, 2.75) is 24.3 Å². The Labute approximate surface area is 165 Å². The molecule has 4 aromatic rings. The minimum absolute atomic E-state index is 0.135. The van der Waals surface area contributed by atoms with Crippen LogP contribution in [0.25, 0.3) is 22.2 Å². The molecule has 0 aliphatic heterocycles. The van der Waals surface area contributed by atoms with E-state index in [4.69, 9.17) is 10.3 Å². The summed E-state index contributed by atoms with van der Waals surface area (Å²) >= 11 is 1.25. The molecule has 1 amide bonds. The molecule has 0 bridgehead atoms. The molecule has 28 heavy (non-hydrogen) atoms. The van der Waals surface area contributed by atoms with Crippen LogP contribution in [0, 0.1) is 6.92 Å². The number of nitrogens with one attached hydrogen (secondary N) is 1. The highest BCUT2D eigenvalue weighted by Crippen LogP contribution is 2.27. The van der Waals surface area contributed by atoms with Gasteiger partial charge in [-0.05, 0) is 42.8 Å². The Morgan fingerprint density at radius 2 is 1.96 bits per heavy atom. The molecule has 7 nitrogen and oxygen atoms in total. The van der Waals surface area contributed by atoms with Crippen LogP contribution in [0.2, 0.25) is 0 Å². The summed E-state index contributed by atoms with van der Waals surface area (Å²) < 4.78 is 6.67. The molecule has 142 valence electrons. The van der Waals surface area contributed by atoms with Gasteiger partial charge in [-0.25, -0.2) is 4.68 Å². The van der Waals surface area contributed by atoms with Crippen LogP contribution in [-0.2, 0) is 4.79 Å². The van der Waals surface area contributed by atoms with Crippen molar-refractivity contribution in [2.24, 2.45) is 0 Å². The number of carbonyl (C=O) groups excluding carboxylic acids is 1. The topological polar surface area (TPSA) is 99.0 Å². The number of carbonyl (C=O) groups is 1. The van der Waals surface area contributed by atoms with Gasteiger partial charge >= 0.3 is 0 Å². The number of thioether (sulfide) groups is 1. The highest BCUT2D eigenvalue weighted by Gasteiger charge is 2.21. The molecule has 2 aromatic carbocycles. The van der Waals surface area contributed by atoms with Gasteiger partial charge in [-0.1, -0.05) is 42.1 Å². The molecule has 0 saturated heterocycles. The van der Waals surface area contributed by atoms with Gasteiger partial charge < -0.3 is 15.6 Å². The molecule has 2 aromatic heterocycles. The monoisotopic (exact) mass is 393 g/mol. The van der Waals surface area contributed by atoms with E-state index in [1.807, 2.05) is 49.4 Å². The minimum Gasteiger partial charge on any atom is -0.469 e. The number of fused-ring (bicyclic) bond motifs is 1. The average Bonchev–Trinajstić information content (AvgIpc) is 3.27. The van der Waals surface area contributed by atoms with Gasteiger partial charge in [0.25, 0.3) is 0 Å². The zero-order chi connectivity index (χ0) is 19.7. The summed E-state index contributed by atoms with van der Waals surface area (Å²) in [5.74, 6) is 7.19. The lowest BCUT2D eigenvalue weighted by Crippen LogP contribution is -2.23. The number of amides is 1. The smallest absolute Gasteiger partial charge is 0.237 e. The summed E-state index contributed by atoms with van der Waals surface area (Å²) in [4.78, 5) is 12.6. The second-order valence-corrected chi connectivity index (χ2v) is 7.69. The summed E-state index contributed by atoms with van der Waals surface area (Å²) in [6, 6.07) is 15.6. The molecule has 0 radical (unpaired) electrons. The third-order valence-corrected chi connectivity index (χ3v) is 5.49. The molecule has 0 spiro atoms. The Kier molecular flexibility index (Phi) is 4.79. The van der Waals surface area contributed by atoms with Gasteiger partial charge in [0.05, 0.1) is 17.1 Å². The zero-order valence-electron chi connectivity index (χ0n) is 15.4. The molecule has 1 atom stereocenters. The number of aromatic nitrogens is 3. The third-order valence-electron chi connectivity index (χ3n) is 4.43. The first-order valence-electron chi connectivity index (χ1n) is 8.74. The summed E-state index contributed by atoms with van der Waals surface area (Å²) in [7, 11) is 0. The molecule has 1 unspecified atom stereocenters. The second-order valence-electron chi connectivity index (χ2n) is 6.38. The van der Waals surface area contributed by atoms with Gasteiger partial charge in [-0.15, -0.1) is 10.2 Å². The predicted octanol–water partition coefficient (Wildman–Crippen LogP) is 3.83. The van der Waals surface area contributed by atoms with Crippen molar-refractivity contribution in [3.63, 3.8) is 0 Å². The Balaban J connectivity index is 1.47. The van der Waals surface area contributed by atoms with Crippen molar-refractivity contribution in [3.8, 4) is 11.4 Å². The van der Waals surface area contributed by atoms with E-state index in [0.717, 1.165) is 22.0 Å². The number of benzene rings is 2. The first kappa shape index (κ1) is 18.1. The molecule has 0 saturated carbocycles. The number of aryl methyl sites for hydroxylation is 1. The van der Waals surface area contributed by atoms with Crippen LogP contribution >= 0.6 is 11.8 Å². The number of furan rings is 1. The van der Waals surface area contributed by atoms with E-state index < -0.39 is 5.25 Å². The summed E-state index contributed by atoms with van der Waals surface area (Å²) in [5.41, 5.74) is 1.52. The normalized spacial score (nSPS) is 12.2. The molecular formula is C20H19N5O2S. The van der Waals surface area contributed by atoms with Crippen LogP contribution in [-0.4, -0.2) is 26.0 Å². The molecule has 8 heteroatoms. The Morgan fingerprint density at radius 3 is 2.71 bits per heavy atom. The van der Waals surface area contributed by atoms with Gasteiger partial charge in [0.2, 0.25) is 11.1 Å². The molecule has 4 rings (SSSR count). The van der Waals surface area contributed by atoms with E-state index in [0.29, 0.717) is 16.7 Å². The maximum absolute atomic E-state index is 12.6. The fourth-order valence-corrected chi connectivity index (χ4v) is 3.65. The summed E-state index contributed by atoms with van der Waals surface area (Å²) in [5, 5.41) is 13.4. The number of nitrogens with zero attached hydrogens (tertiary/aromatic N) is 3. The van der Waals surface area contributed by atoms with Crippen LogP contribution in [0.3, 0.4) is 0 Å². The van der Waals surface area contributed by atoms with Crippen molar-refractivity contribution in [3.05, 3.63) is 60.6 Å². The first-order chi connectivity index (χ1) is 13.5. The van der Waals surface area contributed by atoms with Crippen LogP contribution < -0.4 is 11.2 Å². The summed E-state index contributed by atoms with van der Waals surface area (Å²) in [6.45, 7) is 3.63. The average molecular weight is 393 g/mol. The second kappa shape index (κ2) is 7.40. The lowest BCUT2D eigenvalue weighted by molar-refractivity contribution is -0.115. The van der Waals surface area contributed by atoms with Gasteiger partial charge in [-0.2, -0.15) is 0 Å². The van der Waals surface area contributed by atoms with Crippen molar-refractivity contribution < 1.29 is 9.21 Å². The van der Waals surface area contributed by atoms with Crippen LogP contribution in [0.15, 0.2) is 64.4 Å². The molecule has 0 aliphatic rings. The van der Waals surface area contributed by atoms with E-state index in [1.165, 1.54) is 16.4 Å². The van der Waals surface area contributed by atoms with Gasteiger partial charge in [0.1, 0.15) is 5.76 Å². The molecule has 0 fully saturated rings. The van der Waals surface area contributed by atoms with E-state index in [2.05, 4.69) is 15.5 Å². The van der Waals surface area contributed by atoms with Crippen molar-refractivity contribution in [1.82, 2.24) is 14.9 Å². The fraction of sp³-hybridized carbons (Fsp3) is 0.150. The van der Waals surface area contributed by atoms with E-state index in [-0.39, 0.29) is 5.91 Å². The van der Waals surface area contributed by atoms with E-state index >= 15 is 0 Å². The molecule has 2 heterocycles. The first-order valence-corrected chi connectivity index (χ1v) is 9.62. The van der Waals surface area contributed by atoms with Crippen molar-refractivity contribution >= 4 is 34.1 Å². The van der Waals surface area contributed by atoms with E-state index in [9.17, 15) is 4.79 Å². The van der Waals surface area contributed by atoms with Crippen LogP contribution in [0.5, 0.6) is 0 Å². The maximum atomic E-state index is 12.6. The lowest BCUT2D eigenvalue weighted by Gasteiger charge is -2.12. The molecule has 0 aliphatic carbocycles. The van der Waals surface area contributed by atoms with E-state index in [1.54, 1.807) is 19.3 Å². The maximum Gasteiger partial charge on any atom is 0.237 e. The number of hydrogen-bond donors (Lipinski definition) is 2. The number of hydrogen-bond acceptors (Lipinski definition) is 6. The Morgan fingerprint density at radius 1 is 1.18 bits per heavy atom. The van der Waals surface area contributed by atoms with Crippen LogP contribution in [0.1, 0.15) is 12.7 Å². The number of rotatable bonds is 5. The van der Waals surface area contributed by atoms with Crippen molar-refractivity contribution in [2.75, 3.05) is 11.2 Å². The zero-order valence-corrected chi connectivity index (χ0v) is 16.2. The van der Waals surface area contributed by atoms with Crippen LogP contribution in [0.4, 0.5) is 5.69 Å². The third kappa shape index (κ3) is 3.46. The minimum atomic E-state index is -0.406. The predicted molar refractivity (Wildman–Crippen MR) is 111 cm³/mol. The number of nitrogen functional groups attached to an aromatic ring is 1. The quantitative estimate of drug-likeness (QED) is 0.395. The fourth-order valence-electron chi connectivity index (χ4n) is 2.88. The van der Waals surface area contributed by atoms with Gasteiger partial charge in [-0.3, -0.25) is 4.79 Å². The number of anilines is 1. The Hall–Kier alpha value is -3.26. The van der Waals surface area contributed by atoms with Crippen molar-refractivity contribution in [1.29, 1.82) is 0 Å². The van der Waals surface area contributed by atoms with Gasteiger partial charge in [0.15, 0.2) is 5.82 Å². The highest BCUT2D eigenvalue weighted by atomic mass is 32.2. The lowest BCUT2D eigenvalue weighted by atomic mass is 10.1. The number of nitrogens with two attached hydrogens (primary N) is 1. The standard InChI is InChI=1S/C20H19N5O2S/c1-12-17(9-10-27-12)18-23-24-20(25(18)21)28-13(2)19(26)22-16-8-7-14-5-3-4-6-15(14)11-16/h3-11,13H,21H2,1-2H3,(H,22,26).